The highest BCUT2D eigenvalue weighted by molar-refractivity contribution is 6.47. The molecule has 0 N–H and O–H groups in total. The summed E-state index contributed by atoms with van der Waals surface area (Å²) in [6.45, 7) is 0. The molecule has 0 aliphatic carbocycles. The van der Waals surface area contributed by atoms with E-state index < -0.39 is 0 Å². The number of nitrogens with zero attached hydrogens (tertiary/aromatic N) is 3. The van der Waals surface area contributed by atoms with Crippen molar-refractivity contribution in [3.05, 3.63) is 20.9 Å². The van der Waals surface area contributed by atoms with Crippen molar-refractivity contribution in [1.82, 2.24) is 10.2 Å². The topological polar surface area (TPSA) is 49.6 Å². The monoisotopic (exact) mass is 207 g/mol. The van der Waals surface area contributed by atoms with E-state index in [1.165, 1.54) is 0 Å². The molecule has 1 aromatic heterocycles. The SMILES string of the molecule is N#Cc1nnc(Cl)c(Cl)c1Cl. The Morgan fingerprint density at radius 1 is 1.09 bits per heavy atom. The summed E-state index contributed by atoms with van der Waals surface area (Å²) in [5, 5.41) is 15.3. The minimum Gasteiger partial charge on any atom is -0.191 e. The van der Waals surface area contributed by atoms with Gasteiger partial charge in [-0.2, -0.15) is 5.26 Å². The van der Waals surface area contributed by atoms with Crippen LogP contribution < -0.4 is 0 Å². The van der Waals surface area contributed by atoms with E-state index in [-0.39, 0.29) is 20.9 Å². The van der Waals surface area contributed by atoms with Gasteiger partial charge in [0.05, 0.1) is 0 Å². The quantitative estimate of drug-likeness (QED) is 0.657. The van der Waals surface area contributed by atoms with Crippen LogP contribution in [-0.4, -0.2) is 10.2 Å². The zero-order valence-electron chi connectivity index (χ0n) is 4.98. The lowest BCUT2D eigenvalue weighted by Gasteiger charge is -1.95. The van der Waals surface area contributed by atoms with E-state index in [9.17, 15) is 0 Å². The zero-order valence-corrected chi connectivity index (χ0v) is 7.24. The molecule has 0 atom stereocenters. The molecule has 0 saturated heterocycles. The van der Waals surface area contributed by atoms with Gasteiger partial charge in [0, 0.05) is 0 Å². The smallest absolute Gasteiger partial charge is 0.183 e. The predicted octanol–water partition coefficient (Wildman–Crippen LogP) is 2.31. The first-order valence-electron chi connectivity index (χ1n) is 2.44. The first-order chi connectivity index (χ1) is 5.16. The lowest BCUT2D eigenvalue weighted by Crippen LogP contribution is -1.90. The molecule has 6 heteroatoms. The first-order valence-corrected chi connectivity index (χ1v) is 3.57. The molecule has 0 saturated carbocycles. The van der Waals surface area contributed by atoms with Crippen LogP contribution in [-0.2, 0) is 0 Å². The van der Waals surface area contributed by atoms with Crippen LogP contribution >= 0.6 is 34.8 Å². The van der Waals surface area contributed by atoms with Gasteiger partial charge in [-0.1, -0.05) is 34.8 Å². The highest BCUT2D eigenvalue weighted by Crippen LogP contribution is 2.28. The van der Waals surface area contributed by atoms with Crippen molar-refractivity contribution in [2.45, 2.75) is 0 Å². The molecule has 56 valence electrons. The number of hydrogen-bond acceptors (Lipinski definition) is 3. The molecule has 0 aliphatic rings. The Balaban J connectivity index is 3.40. The second kappa shape index (κ2) is 3.22. The molecule has 0 bridgehead atoms. The standard InChI is InChI=1S/C5Cl3N3/c6-3-2(1-9)10-11-5(8)4(3)7. The van der Waals surface area contributed by atoms with Crippen LogP contribution in [0, 0.1) is 11.3 Å². The highest BCUT2D eigenvalue weighted by atomic mass is 35.5. The number of aromatic nitrogens is 2. The molecule has 0 amide bonds. The van der Waals surface area contributed by atoms with Gasteiger partial charge < -0.3 is 0 Å². The Labute approximate surface area is 77.5 Å². The molecule has 0 radical (unpaired) electrons. The Kier molecular flexibility index (Phi) is 2.50. The van der Waals surface area contributed by atoms with E-state index in [1.807, 2.05) is 0 Å². The van der Waals surface area contributed by atoms with E-state index >= 15 is 0 Å². The fourth-order valence-corrected chi connectivity index (χ4v) is 0.925. The van der Waals surface area contributed by atoms with Crippen molar-refractivity contribution in [3.63, 3.8) is 0 Å². The molecule has 11 heavy (non-hydrogen) atoms. The van der Waals surface area contributed by atoms with Gasteiger partial charge in [0.1, 0.15) is 16.1 Å². The lowest BCUT2D eigenvalue weighted by molar-refractivity contribution is 1.01. The van der Waals surface area contributed by atoms with Gasteiger partial charge in [0.15, 0.2) is 10.8 Å². The maximum absolute atomic E-state index is 8.40. The van der Waals surface area contributed by atoms with Crippen LogP contribution in [0.25, 0.3) is 0 Å². The fourth-order valence-electron chi connectivity index (χ4n) is 0.448. The summed E-state index contributed by atoms with van der Waals surface area (Å²) in [6, 6.07) is 1.71. The third-order valence-corrected chi connectivity index (χ3v) is 2.12. The van der Waals surface area contributed by atoms with E-state index in [4.69, 9.17) is 40.1 Å². The maximum Gasteiger partial charge on any atom is 0.183 e. The van der Waals surface area contributed by atoms with Crippen LogP contribution in [0.3, 0.4) is 0 Å². The molecule has 1 rings (SSSR count). The van der Waals surface area contributed by atoms with Crippen molar-refractivity contribution >= 4 is 34.8 Å². The normalized spacial score (nSPS) is 9.27. The first kappa shape index (κ1) is 8.54. The predicted molar refractivity (Wildman–Crippen MR) is 41.8 cm³/mol. The van der Waals surface area contributed by atoms with Gasteiger partial charge in [0.25, 0.3) is 0 Å². The second-order valence-corrected chi connectivity index (χ2v) is 2.69. The number of rotatable bonds is 0. The third kappa shape index (κ3) is 1.54. The molecular weight excluding hydrogens is 208 g/mol. The summed E-state index contributed by atoms with van der Waals surface area (Å²) in [4.78, 5) is 0. The third-order valence-electron chi connectivity index (χ3n) is 0.925. The van der Waals surface area contributed by atoms with Crippen molar-refractivity contribution in [1.29, 1.82) is 5.26 Å². The summed E-state index contributed by atoms with van der Waals surface area (Å²) in [5.41, 5.74) is -0.0268. The Hall–Kier alpha value is -0.560. The molecule has 0 fully saturated rings. The summed E-state index contributed by atoms with van der Waals surface area (Å²) in [6.07, 6.45) is 0. The van der Waals surface area contributed by atoms with Crippen molar-refractivity contribution in [3.8, 4) is 6.07 Å². The average Bonchev–Trinajstić information content (AvgIpc) is 2.01. The highest BCUT2D eigenvalue weighted by Gasteiger charge is 2.10. The Morgan fingerprint density at radius 2 is 1.73 bits per heavy atom. The minimum atomic E-state index is -0.0268. The average molecular weight is 208 g/mol. The van der Waals surface area contributed by atoms with E-state index in [0.29, 0.717) is 0 Å². The van der Waals surface area contributed by atoms with Crippen molar-refractivity contribution in [2.75, 3.05) is 0 Å². The largest absolute Gasteiger partial charge is 0.191 e. The van der Waals surface area contributed by atoms with Crippen molar-refractivity contribution in [2.24, 2.45) is 0 Å². The molecule has 0 unspecified atom stereocenters. The molecule has 1 heterocycles. The lowest BCUT2D eigenvalue weighted by atomic mass is 10.4. The van der Waals surface area contributed by atoms with E-state index in [2.05, 4.69) is 10.2 Å². The molecule has 3 nitrogen and oxygen atoms in total. The fraction of sp³-hybridized carbons (Fsp3) is 0. The summed E-state index contributed by atoms with van der Waals surface area (Å²) in [5.74, 6) is 0. The van der Waals surface area contributed by atoms with Crippen LogP contribution in [0.2, 0.25) is 15.2 Å². The van der Waals surface area contributed by atoms with Gasteiger partial charge in [-0.3, -0.25) is 0 Å². The summed E-state index contributed by atoms with van der Waals surface area (Å²) < 4.78 is 0. The zero-order chi connectivity index (χ0) is 8.43. The van der Waals surface area contributed by atoms with Crippen molar-refractivity contribution < 1.29 is 0 Å². The number of hydrogen-bond donors (Lipinski definition) is 0. The van der Waals surface area contributed by atoms with Gasteiger partial charge >= 0.3 is 0 Å². The van der Waals surface area contributed by atoms with Crippen LogP contribution in [0.1, 0.15) is 5.69 Å². The second-order valence-electron chi connectivity index (χ2n) is 1.58. The van der Waals surface area contributed by atoms with Gasteiger partial charge in [-0.25, -0.2) is 0 Å². The number of nitriles is 1. The van der Waals surface area contributed by atoms with E-state index in [0.717, 1.165) is 0 Å². The molecule has 0 aliphatic heterocycles. The van der Waals surface area contributed by atoms with Crippen LogP contribution in [0.15, 0.2) is 0 Å². The van der Waals surface area contributed by atoms with Gasteiger partial charge in [-0.15, -0.1) is 10.2 Å². The summed E-state index contributed by atoms with van der Waals surface area (Å²) in [7, 11) is 0. The molecular formula is C5Cl3N3. The maximum atomic E-state index is 8.40. The van der Waals surface area contributed by atoms with Gasteiger partial charge in [-0.05, 0) is 0 Å². The summed E-state index contributed by atoms with van der Waals surface area (Å²) >= 11 is 16.5. The molecule has 1 aromatic rings. The van der Waals surface area contributed by atoms with E-state index in [1.54, 1.807) is 6.07 Å². The molecule has 0 spiro atoms. The Morgan fingerprint density at radius 3 is 2.27 bits per heavy atom. The van der Waals surface area contributed by atoms with Crippen LogP contribution in [0.5, 0.6) is 0 Å². The Bertz CT molecular complexity index is 330. The van der Waals surface area contributed by atoms with Crippen LogP contribution in [0.4, 0.5) is 0 Å². The van der Waals surface area contributed by atoms with Gasteiger partial charge in [0.2, 0.25) is 0 Å². The number of halogens is 3. The molecule has 0 aromatic carbocycles. The minimum absolute atomic E-state index is 0.00401.